The predicted molar refractivity (Wildman–Crippen MR) is 176 cm³/mol. The highest BCUT2D eigenvalue weighted by Crippen LogP contribution is 2.52. The number of hydrogen-bond donors (Lipinski definition) is 0. The van der Waals surface area contributed by atoms with E-state index in [9.17, 15) is 0 Å². The van der Waals surface area contributed by atoms with Crippen LogP contribution in [-0.4, -0.2) is 0 Å². The van der Waals surface area contributed by atoms with Gasteiger partial charge in [-0.05, 0) is 61.3 Å². The van der Waals surface area contributed by atoms with Crippen LogP contribution in [0.4, 0.5) is 0 Å². The smallest absolute Gasteiger partial charge is 0.171 e. The van der Waals surface area contributed by atoms with E-state index in [2.05, 4.69) is 92.7 Å². The first-order valence-electron chi connectivity index (χ1n) is 14.2. The summed E-state index contributed by atoms with van der Waals surface area (Å²) in [5, 5.41) is 9.63. The van der Waals surface area contributed by atoms with Crippen LogP contribution in [0.15, 0.2) is 140 Å². The molecule has 2 heteroatoms. The van der Waals surface area contributed by atoms with E-state index in [1.165, 1.54) is 38.4 Å². The van der Waals surface area contributed by atoms with Gasteiger partial charge in [0.25, 0.3) is 0 Å². The van der Waals surface area contributed by atoms with Crippen LogP contribution in [0.1, 0.15) is 25.0 Å². The van der Waals surface area contributed by atoms with Crippen molar-refractivity contribution in [1.82, 2.24) is 0 Å². The van der Waals surface area contributed by atoms with Crippen molar-refractivity contribution in [1.29, 1.82) is 0 Å². The molecule has 0 atom stereocenters. The lowest BCUT2D eigenvalue weighted by Crippen LogP contribution is -2.25. The molecule has 196 valence electrons. The quantitative estimate of drug-likeness (QED) is 0.160. The van der Waals surface area contributed by atoms with Gasteiger partial charge >= 0.3 is 0 Å². The van der Waals surface area contributed by atoms with E-state index in [4.69, 9.17) is 0 Å². The Labute approximate surface area is 240 Å². The normalized spacial score (nSPS) is 13.9. The maximum absolute atomic E-state index is 15.7. The summed E-state index contributed by atoms with van der Waals surface area (Å²) in [4.78, 5) is 0. The summed E-state index contributed by atoms with van der Waals surface area (Å²) in [5.41, 5.74) is 5.18. The molecular weight excluding hydrogens is 515 g/mol. The van der Waals surface area contributed by atoms with Crippen molar-refractivity contribution >= 4 is 55.4 Å². The van der Waals surface area contributed by atoms with Crippen molar-refractivity contribution in [2.75, 3.05) is 0 Å². The van der Waals surface area contributed by atoms with Gasteiger partial charge < -0.3 is 4.57 Å². The van der Waals surface area contributed by atoms with E-state index < -0.39 is 7.14 Å². The first kappa shape index (κ1) is 24.4. The Morgan fingerprint density at radius 3 is 1.71 bits per heavy atom. The average molecular weight is 545 g/mol. The zero-order chi connectivity index (χ0) is 27.8. The molecular formula is C39H29OP. The van der Waals surface area contributed by atoms with Crippen LogP contribution >= 0.6 is 7.14 Å². The molecule has 0 aromatic heterocycles. The summed E-state index contributed by atoms with van der Waals surface area (Å²) in [7, 11) is -3.22. The summed E-state index contributed by atoms with van der Waals surface area (Å²) in [6.07, 6.45) is 0. The monoisotopic (exact) mass is 544 g/mol. The Morgan fingerprint density at radius 1 is 0.463 bits per heavy atom. The number of fused-ring (bicyclic) bond motifs is 9. The lowest BCUT2D eigenvalue weighted by Gasteiger charge is -2.24. The molecule has 0 radical (unpaired) electrons. The minimum absolute atomic E-state index is 0.0981. The Morgan fingerprint density at radius 2 is 1.02 bits per heavy atom. The SMILES string of the molecule is CC1(C)c2ccccc2-c2cc3c(cc21)c1ccccc1c1cccc(P(=O)(c2ccccc2)c2ccccc2)c13. The van der Waals surface area contributed by atoms with E-state index in [-0.39, 0.29) is 5.41 Å². The van der Waals surface area contributed by atoms with E-state index >= 15 is 4.57 Å². The molecule has 0 bridgehead atoms. The average Bonchev–Trinajstić information content (AvgIpc) is 3.26. The van der Waals surface area contributed by atoms with Crippen LogP contribution in [0.25, 0.3) is 43.4 Å². The van der Waals surface area contributed by atoms with E-state index in [1.54, 1.807) is 0 Å². The third-order valence-corrected chi connectivity index (χ3v) is 12.2. The predicted octanol–water partition coefficient (Wildman–Crippen LogP) is 9.09. The minimum Gasteiger partial charge on any atom is -0.309 e. The summed E-state index contributed by atoms with van der Waals surface area (Å²) in [5.74, 6) is 0. The van der Waals surface area contributed by atoms with Crippen LogP contribution in [0.2, 0.25) is 0 Å². The number of hydrogen-bond acceptors (Lipinski definition) is 1. The second kappa shape index (κ2) is 8.77. The van der Waals surface area contributed by atoms with Crippen LogP contribution in [-0.2, 0) is 9.98 Å². The summed E-state index contributed by atoms with van der Waals surface area (Å²) in [6.45, 7) is 4.66. The third-order valence-electron chi connectivity index (χ3n) is 9.12. The molecule has 0 spiro atoms. The van der Waals surface area contributed by atoms with Gasteiger partial charge in [-0.2, -0.15) is 0 Å². The summed E-state index contributed by atoms with van der Waals surface area (Å²) in [6, 6.07) is 48.7. The lowest BCUT2D eigenvalue weighted by molar-refractivity contribution is 0.592. The van der Waals surface area contributed by atoms with Crippen LogP contribution in [0, 0.1) is 0 Å². The van der Waals surface area contributed by atoms with E-state index in [1.807, 2.05) is 60.7 Å². The molecule has 1 nitrogen and oxygen atoms in total. The van der Waals surface area contributed by atoms with Gasteiger partial charge in [-0.3, -0.25) is 0 Å². The molecule has 1 aliphatic rings. The fraction of sp³-hybridized carbons (Fsp3) is 0.0769. The zero-order valence-corrected chi connectivity index (χ0v) is 24.0. The van der Waals surface area contributed by atoms with Crippen molar-refractivity contribution in [2.24, 2.45) is 0 Å². The van der Waals surface area contributed by atoms with E-state index in [0.717, 1.165) is 32.1 Å². The highest BCUT2D eigenvalue weighted by atomic mass is 31.2. The molecule has 7 aromatic carbocycles. The molecule has 0 unspecified atom stereocenters. The maximum atomic E-state index is 15.7. The van der Waals surface area contributed by atoms with Crippen molar-refractivity contribution < 1.29 is 4.57 Å². The van der Waals surface area contributed by atoms with Crippen LogP contribution in [0.5, 0.6) is 0 Å². The molecule has 0 aliphatic heterocycles. The standard InChI is InChI=1S/C39H29OP/c1-39(2)35-22-12-11-20-30(35)33-24-34-32(25-36(33)39)29-19-10-9-18-28(29)31-21-13-23-37(38(31)34)41(40,26-14-5-3-6-15-26)27-16-7-4-8-17-27/h3-25H,1-2H3. The molecule has 7 aromatic rings. The van der Waals surface area contributed by atoms with Gasteiger partial charge in [0.1, 0.15) is 0 Å². The Kier molecular flexibility index (Phi) is 5.21. The van der Waals surface area contributed by atoms with Crippen molar-refractivity contribution in [3.63, 3.8) is 0 Å². The first-order valence-corrected chi connectivity index (χ1v) is 15.9. The highest BCUT2D eigenvalue weighted by molar-refractivity contribution is 7.85. The van der Waals surface area contributed by atoms with Gasteiger partial charge in [-0.1, -0.05) is 141 Å². The van der Waals surface area contributed by atoms with Gasteiger partial charge in [-0.15, -0.1) is 0 Å². The van der Waals surface area contributed by atoms with Gasteiger partial charge in [0.2, 0.25) is 0 Å². The lowest BCUT2D eigenvalue weighted by atomic mass is 9.81. The molecule has 41 heavy (non-hydrogen) atoms. The fourth-order valence-corrected chi connectivity index (χ4v) is 10.0. The molecule has 0 saturated carbocycles. The van der Waals surface area contributed by atoms with E-state index in [0.29, 0.717) is 0 Å². The molecule has 1 aliphatic carbocycles. The molecule has 0 amide bonds. The van der Waals surface area contributed by atoms with Crippen molar-refractivity contribution in [2.45, 2.75) is 19.3 Å². The topological polar surface area (TPSA) is 17.1 Å². The summed E-state index contributed by atoms with van der Waals surface area (Å²) < 4.78 is 15.7. The van der Waals surface area contributed by atoms with Crippen LogP contribution in [0.3, 0.4) is 0 Å². The Balaban J connectivity index is 1.59. The molecule has 8 rings (SSSR count). The Bertz CT molecular complexity index is 2150. The Hall–Kier alpha value is -4.45. The maximum Gasteiger partial charge on any atom is 0.171 e. The third kappa shape index (κ3) is 3.33. The zero-order valence-electron chi connectivity index (χ0n) is 23.1. The van der Waals surface area contributed by atoms with Crippen molar-refractivity contribution in [3.05, 3.63) is 151 Å². The van der Waals surface area contributed by atoms with Gasteiger partial charge in [0.05, 0.1) is 0 Å². The molecule has 0 fully saturated rings. The molecule has 0 saturated heterocycles. The van der Waals surface area contributed by atoms with Crippen LogP contribution < -0.4 is 15.9 Å². The second-order valence-electron chi connectivity index (χ2n) is 11.6. The number of benzene rings is 7. The highest BCUT2D eigenvalue weighted by Gasteiger charge is 2.37. The van der Waals surface area contributed by atoms with Gasteiger partial charge in [0, 0.05) is 26.7 Å². The number of rotatable bonds is 3. The molecule has 0 N–H and O–H groups in total. The fourth-order valence-electron chi connectivity index (χ4n) is 7.14. The van der Waals surface area contributed by atoms with Crippen molar-refractivity contribution in [3.8, 4) is 11.1 Å². The second-order valence-corrected chi connectivity index (χ2v) is 14.4. The van der Waals surface area contributed by atoms with Gasteiger partial charge in [-0.25, -0.2) is 0 Å². The summed E-state index contributed by atoms with van der Waals surface area (Å²) >= 11 is 0. The largest absolute Gasteiger partial charge is 0.309 e. The first-order chi connectivity index (χ1) is 20.0. The molecule has 0 heterocycles. The van der Waals surface area contributed by atoms with Gasteiger partial charge in [0.15, 0.2) is 7.14 Å². The minimum atomic E-state index is -3.22.